The third-order valence-corrected chi connectivity index (χ3v) is 6.57. The highest BCUT2D eigenvalue weighted by molar-refractivity contribution is 7.87. The third-order valence-electron chi connectivity index (χ3n) is 4.78. The standard InChI is InChI=1S/C18H25N5O2S/c1-13(18-10-15-8-6-7-9-17(15)22(18)5)19-11-16-14(2)23(12-20-16)26(24,25)21(3)4/h6-10,12-13,19H,11H2,1-5H3. The first-order valence-corrected chi connectivity index (χ1v) is 9.86. The molecule has 1 unspecified atom stereocenters. The molecule has 140 valence electrons. The Balaban J connectivity index is 1.79. The number of para-hydroxylation sites is 1. The zero-order valence-corrected chi connectivity index (χ0v) is 16.6. The first-order valence-electron chi connectivity index (χ1n) is 8.47. The van der Waals surface area contributed by atoms with Gasteiger partial charge in [0.1, 0.15) is 6.33 Å². The monoisotopic (exact) mass is 375 g/mol. The van der Waals surface area contributed by atoms with Crippen molar-refractivity contribution in [1.29, 1.82) is 0 Å². The van der Waals surface area contributed by atoms with Crippen LogP contribution in [0.25, 0.3) is 10.9 Å². The van der Waals surface area contributed by atoms with Gasteiger partial charge in [-0.25, -0.2) is 8.96 Å². The highest BCUT2D eigenvalue weighted by Crippen LogP contribution is 2.23. The summed E-state index contributed by atoms with van der Waals surface area (Å²) in [7, 11) is 1.53. The molecule has 0 amide bonds. The highest BCUT2D eigenvalue weighted by Gasteiger charge is 2.21. The molecule has 2 aromatic heterocycles. The highest BCUT2D eigenvalue weighted by atomic mass is 32.2. The number of imidazole rings is 1. The van der Waals surface area contributed by atoms with Crippen LogP contribution >= 0.6 is 0 Å². The molecule has 1 aromatic carbocycles. The van der Waals surface area contributed by atoms with Crippen molar-refractivity contribution < 1.29 is 8.42 Å². The maximum atomic E-state index is 12.3. The van der Waals surface area contributed by atoms with E-state index in [4.69, 9.17) is 0 Å². The molecule has 0 fully saturated rings. The number of rotatable bonds is 6. The van der Waals surface area contributed by atoms with Crippen LogP contribution in [0.3, 0.4) is 0 Å². The first-order chi connectivity index (χ1) is 12.2. The van der Waals surface area contributed by atoms with Gasteiger partial charge in [-0.15, -0.1) is 0 Å². The van der Waals surface area contributed by atoms with Crippen LogP contribution in [-0.4, -0.2) is 40.3 Å². The number of aryl methyl sites for hydroxylation is 1. The predicted molar refractivity (Wildman–Crippen MR) is 103 cm³/mol. The van der Waals surface area contributed by atoms with Crippen LogP contribution in [0.2, 0.25) is 0 Å². The van der Waals surface area contributed by atoms with E-state index in [0.29, 0.717) is 12.2 Å². The van der Waals surface area contributed by atoms with Gasteiger partial charge in [0.25, 0.3) is 0 Å². The van der Waals surface area contributed by atoms with Gasteiger partial charge in [0, 0.05) is 44.9 Å². The van der Waals surface area contributed by atoms with E-state index in [-0.39, 0.29) is 6.04 Å². The Morgan fingerprint density at radius 3 is 2.62 bits per heavy atom. The molecule has 0 saturated carbocycles. The summed E-state index contributed by atoms with van der Waals surface area (Å²) < 4.78 is 29.2. The molecular weight excluding hydrogens is 350 g/mol. The molecule has 2 heterocycles. The number of nitrogens with one attached hydrogen (secondary N) is 1. The van der Waals surface area contributed by atoms with Gasteiger partial charge >= 0.3 is 10.2 Å². The second-order valence-corrected chi connectivity index (χ2v) is 8.67. The van der Waals surface area contributed by atoms with Crippen molar-refractivity contribution >= 4 is 21.1 Å². The molecule has 26 heavy (non-hydrogen) atoms. The molecule has 8 heteroatoms. The summed E-state index contributed by atoms with van der Waals surface area (Å²) in [4.78, 5) is 4.28. The second kappa shape index (κ2) is 6.86. The SMILES string of the molecule is Cc1c(CNC(C)c2cc3ccccc3n2C)ncn1S(=O)(=O)N(C)C. The summed E-state index contributed by atoms with van der Waals surface area (Å²) in [5.41, 5.74) is 3.70. The zero-order valence-electron chi connectivity index (χ0n) is 15.8. The van der Waals surface area contributed by atoms with Gasteiger partial charge in [0.05, 0.1) is 11.4 Å². The second-order valence-electron chi connectivity index (χ2n) is 6.65. The lowest BCUT2D eigenvalue weighted by molar-refractivity contribution is 0.509. The first kappa shape index (κ1) is 18.6. The Morgan fingerprint density at radius 1 is 1.27 bits per heavy atom. The summed E-state index contributed by atoms with van der Waals surface area (Å²) >= 11 is 0. The third kappa shape index (κ3) is 3.15. The normalized spacial score (nSPS) is 13.6. The van der Waals surface area contributed by atoms with Crippen molar-refractivity contribution in [2.75, 3.05) is 14.1 Å². The topological polar surface area (TPSA) is 72.2 Å². The fraction of sp³-hybridized carbons (Fsp3) is 0.389. The molecule has 3 aromatic rings. The lowest BCUT2D eigenvalue weighted by Gasteiger charge is -2.16. The molecular formula is C18H25N5O2S. The Labute approximate surface area is 154 Å². The van der Waals surface area contributed by atoms with Crippen LogP contribution in [0.15, 0.2) is 36.7 Å². The number of hydrogen-bond acceptors (Lipinski definition) is 4. The average Bonchev–Trinajstić information content (AvgIpc) is 3.14. The van der Waals surface area contributed by atoms with Gasteiger partial charge < -0.3 is 9.88 Å². The van der Waals surface area contributed by atoms with Crippen LogP contribution < -0.4 is 5.32 Å². The van der Waals surface area contributed by atoms with Gasteiger partial charge in [-0.1, -0.05) is 18.2 Å². The van der Waals surface area contributed by atoms with Crippen molar-refractivity contribution in [3.8, 4) is 0 Å². The average molecular weight is 375 g/mol. The summed E-state index contributed by atoms with van der Waals surface area (Å²) in [6.07, 6.45) is 1.36. The van der Waals surface area contributed by atoms with E-state index in [9.17, 15) is 8.42 Å². The molecule has 0 bridgehead atoms. The van der Waals surface area contributed by atoms with Crippen LogP contribution in [0.4, 0.5) is 0 Å². The molecule has 0 aliphatic carbocycles. The Bertz CT molecular complexity index is 1030. The molecule has 0 radical (unpaired) electrons. The lowest BCUT2D eigenvalue weighted by Crippen LogP contribution is -2.29. The van der Waals surface area contributed by atoms with E-state index >= 15 is 0 Å². The van der Waals surface area contributed by atoms with Gasteiger partial charge in [0.15, 0.2) is 0 Å². The molecule has 3 rings (SSSR count). The van der Waals surface area contributed by atoms with E-state index < -0.39 is 10.2 Å². The molecule has 1 atom stereocenters. The van der Waals surface area contributed by atoms with Crippen molar-refractivity contribution in [2.45, 2.75) is 26.4 Å². The van der Waals surface area contributed by atoms with Crippen LogP contribution in [0, 0.1) is 6.92 Å². The Morgan fingerprint density at radius 2 is 1.96 bits per heavy atom. The lowest BCUT2D eigenvalue weighted by atomic mass is 10.2. The number of benzene rings is 1. The van der Waals surface area contributed by atoms with Crippen molar-refractivity contribution in [3.05, 3.63) is 53.7 Å². The summed E-state index contributed by atoms with van der Waals surface area (Å²) in [6.45, 7) is 4.36. The van der Waals surface area contributed by atoms with Crippen LogP contribution in [-0.2, 0) is 23.8 Å². The van der Waals surface area contributed by atoms with Gasteiger partial charge in [-0.05, 0) is 31.4 Å². The van der Waals surface area contributed by atoms with Crippen molar-refractivity contribution in [1.82, 2.24) is 23.1 Å². The molecule has 0 aliphatic heterocycles. The molecule has 0 aliphatic rings. The molecule has 0 spiro atoms. The minimum Gasteiger partial charge on any atom is -0.346 e. The van der Waals surface area contributed by atoms with Crippen LogP contribution in [0.5, 0.6) is 0 Å². The fourth-order valence-electron chi connectivity index (χ4n) is 3.09. The van der Waals surface area contributed by atoms with Crippen molar-refractivity contribution in [2.24, 2.45) is 7.05 Å². The summed E-state index contributed by atoms with van der Waals surface area (Å²) in [5, 5.41) is 4.65. The van der Waals surface area contributed by atoms with E-state index in [2.05, 4.69) is 47.0 Å². The van der Waals surface area contributed by atoms with Crippen LogP contribution in [0.1, 0.15) is 30.0 Å². The molecule has 0 saturated heterocycles. The number of aromatic nitrogens is 3. The van der Waals surface area contributed by atoms with E-state index in [1.165, 1.54) is 45.3 Å². The maximum absolute atomic E-state index is 12.3. The van der Waals surface area contributed by atoms with E-state index in [1.54, 1.807) is 6.92 Å². The van der Waals surface area contributed by atoms with E-state index in [0.717, 1.165) is 5.69 Å². The predicted octanol–water partition coefficient (Wildman–Crippen LogP) is 2.19. The number of fused-ring (bicyclic) bond motifs is 1. The van der Waals surface area contributed by atoms with Gasteiger partial charge in [-0.2, -0.15) is 12.7 Å². The van der Waals surface area contributed by atoms with Gasteiger partial charge in [-0.3, -0.25) is 0 Å². The maximum Gasteiger partial charge on any atom is 0.308 e. The fourth-order valence-corrected chi connectivity index (χ4v) is 4.06. The van der Waals surface area contributed by atoms with Gasteiger partial charge in [0.2, 0.25) is 0 Å². The number of hydrogen-bond donors (Lipinski definition) is 1. The minimum atomic E-state index is -3.55. The zero-order chi connectivity index (χ0) is 19.1. The molecule has 7 nitrogen and oxygen atoms in total. The minimum absolute atomic E-state index is 0.0994. The largest absolute Gasteiger partial charge is 0.346 e. The quantitative estimate of drug-likeness (QED) is 0.717. The Hall–Kier alpha value is -2.16. The van der Waals surface area contributed by atoms with E-state index in [1.807, 2.05) is 12.1 Å². The summed E-state index contributed by atoms with van der Waals surface area (Å²) in [6, 6.07) is 10.5. The van der Waals surface area contributed by atoms with Crippen molar-refractivity contribution in [3.63, 3.8) is 0 Å². The summed E-state index contributed by atoms with van der Waals surface area (Å²) in [5.74, 6) is 0. The number of nitrogens with zero attached hydrogens (tertiary/aromatic N) is 4. The molecule has 1 N–H and O–H groups in total. The Kier molecular flexibility index (Phi) is 4.92. The smallest absolute Gasteiger partial charge is 0.308 e.